The van der Waals surface area contributed by atoms with Gasteiger partial charge >= 0.3 is 0 Å². The quantitative estimate of drug-likeness (QED) is 0.622. The lowest BCUT2D eigenvalue weighted by molar-refractivity contribution is -0.130. The molecule has 2 aromatic carbocycles. The number of Topliss-reactive ketones (excluding diaryl/α,β-unsaturated/α-hetero) is 1. The van der Waals surface area contributed by atoms with Crippen LogP contribution in [0.2, 0.25) is 0 Å². The number of hydrogen-bond acceptors (Lipinski definition) is 4. The largest absolute Gasteiger partial charge is 0.369 e. The summed E-state index contributed by atoms with van der Waals surface area (Å²) in [5, 5.41) is 0. The maximum atomic E-state index is 13.6. The second-order valence-corrected chi connectivity index (χ2v) is 7.47. The molecule has 0 atom stereocenters. The van der Waals surface area contributed by atoms with Crippen molar-refractivity contribution in [3.05, 3.63) is 71.8 Å². The summed E-state index contributed by atoms with van der Waals surface area (Å²) in [5.41, 5.74) is 6.71. The number of rotatable bonds is 10. The standard InChI is InChI=1S/C24H29N3O2/c1-2-12-21(28)17-10-5-11-18-27-22(29)24(26-23(27)25,19-13-6-3-7-14-19)20-15-8-4-9-16-20/h3-4,6-9,13-16H,2,5,10-12,17-18H2,1H3,(H2,25,26). The van der Waals surface area contributed by atoms with E-state index < -0.39 is 5.54 Å². The summed E-state index contributed by atoms with van der Waals surface area (Å²) in [6.07, 6.45) is 4.69. The van der Waals surface area contributed by atoms with Gasteiger partial charge in [-0.3, -0.25) is 14.5 Å². The Morgan fingerprint density at radius 1 is 0.931 bits per heavy atom. The van der Waals surface area contributed by atoms with E-state index >= 15 is 0 Å². The smallest absolute Gasteiger partial charge is 0.266 e. The molecule has 0 fully saturated rings. The number of carbonyl (C=O) groups excluding carboxylic acids is 2. The second kappa shape index (κ2) is 9.50. The van der Waals surface area contributed by atoms with Gasteiger partial charge in [-0.1, -0.05) is 74.0 Å². The van der Waals surface area contributed by atoms with Crippen LogP contribution < -0.4 is 5.73 Å². The summed E-state index contributed by atoms with van der Waals surface area (Å²) in [6.45, 7) is 2.53. The van der Waals surface area contributed by atoms with Gasteiger partial charge in [-0.25, -0.2) is 4.99 Å². The zero-order valence-corrected chi connectivity index (χ0v) is 17.0. The Morgan fingerprint density at radius 3 is 2.07 bits per heavy atom. The molecule has 0 unspecified atom stereocenters. The van der Waals surface area contributed by atoms with Crippen molar-refractivity contribution in [1.82, 2.24) is 4.90 Å². The Balaban J connectivity index is 1.74. The van der Waals surface area contributed by atoms with Gasteiger partial charge in [-0.05, 0) is 30.4 Å². The molecule has 3 rings (SSSR count). The van der Waals surface area contributed by atoms with E-state index in [2.05, 4.69) is 0 Å². The summed E-state index contributed by atoms with van der Waals surface area (Å²) >= 11 is 0. The van der Waals surface area contributed by atoms with Gasteiger partial charge in [0.25, 0.3) is 5.91 Å². The van der Waals surface area contributed by atoms with Gasteiger partial charge in [0.2, 0.25) is 0 Å². The first-order valence-electron chi connectivity index (χ1n) is 10.4. The Morgan fingerprint density at radius 2 is 1.52 bits per heavy atom. The number of nitrogens with two attached hydrogens (primary N) is 1. The molecule has 0 saturated heterocycles. The third-order valence-corrected chi connectivity index (χ3v) is 5.36. The van der Waals surface area contributed by atoms with Crippen LogP contribution in [0.1, 0.15) is 56.6 Å². The molecule has 0 bridgehead atoms. The molecule has 2 N–H and O–H groups in total. The number of aliphatic imine (C=N–C) groups is 1. The van der Waals surface area contributed by atoms with Crippen molar-refractivity contribution in [1.29, 1.82) is 0 Å². The number of amides is 1. The van der Waals surface area contributed by atoms with Crippen LogP contribution in [0, 0.1) is 0 Å². The van der Waals surface area contributed by atoms with Crippen molar-refractivity contribution in [3.63, 3.8) is 0 Å². The summed E-state index contributed by atoms with van der Waals surface area (Å²) in [5.74, 6) is 0.456. The average Bonchev–Trinajstić information content (AvgIpc) is 3.00. The number of ketones is 1. The summed E-state index contributed by atoms with van der Waals surface area (Å²) in [6, 6.07) is 19.2. The minimum absolute atomic E-state index is 0.116. The van der Waals surface area contributed by atoms with Gasteiger partial charge < -0.3 is 5.73 Å². The van der Waals surface area contributed by atoms with Crippen LogP contribution in [0.5, 0.6) is 0 Å². The zero-order chi connectivity index (χ0) is 20.7. The molecule has 5 heteroatoms. The minimum Gasteiger partial charge on any atom is -0.369 e. The molecular weight excluding hydrogens is 362 g/mol. The number of hydrogen-bond donors (Lipinski definition) is 1. The van der Waals surface area contributed by atoms with Crippen molar-refractivity contribution in [2.75, 3.05) is 6.54 Å². The highest BCUT2D eigenvalue weighted by atomic mass is 16.2. The maximum Gasteiger partial charge on any atom is 0.266 e. The first kappa shape index (κ1) is 20.8. The molecule has 29 heavy (non-hydrogen) atoms. The molecule has 0 saturated carbocycles. The molecule has 152 valence electrons. The van der Waals surface area contributed by atoms with Crippen molar-refractivity contribution < 1.29 is 9.59 Å². The van der Waals surface area contributed by atoms with E-state index in [0.29, 0.717) is 25.2 Å². The summed E-state index contributed by atoms with van der Waals surface area (Å²) < 4.78 is 0. The predicted molar refractivity (Wildman–Crippen MR) is 115 cm³/mol. The van der Waals surface area contributed by atoms with Crippen LogP contribution in [-0.2, 0) is 15.1 Å². The molecule has 1 aliphatic heterocycles. The van der Waals surface area contributed by atoms with Crippen molar-refractivity contribution >= 4 is 17.6 Å². The fraction of sp³-hybridized carbons (Fsp3) is 0.375. The number of carbonyl (C=O) groups is 2. The van der Waals surface area contributed by atoms with E-state index in [1.807, 2.05) is 67.6 Å². The highest BCUT2D eigenvalue weighted by Crippen LogP contribution is 2.39. The number of nitrogens with zero attached hydrogens (tertiary/aromatic N) is 2. The van der Waals surface area contributed by atoms with Crippen molar-refractivity contribution in [2.45, 2.75) is 51.0 Å². The van der Waals surface area contributed by atoms with Gasteiger partial charge in [0.1, 0.15) is 5.78 Å². The SMILES string of the molecule is CCCC(=O)CCCCCN1C(=O)C(c2ccccc2)(c2ccccc2)N=C1N. The molecule has 1 heterocycles. The van der Waals surface area contributed by atoms with Crippen LogP contribution in [-0.4, -0.2) is 29.1 Å². The summed E-state index contributed by atoms with van der Waals surface area (Å²) in [7, 11) is 0. The zero-order valence-electron chi connectivity index (χ0n) is 17.0. The van der Waals surface area contributed by atoms with E-state index in [4.69, 9.17) is 10.7 Å². The van der Waals surface area contributed by atoms with Crippen molar-refractivity contribution in [2.24, 2.45) is 10.7 Å². The lowest BCUT2D eigenvalue weighted by Gasteiger charge is -2.27. The van der Waals surface area contributed by atoms with Crippen LogP contribution in [0.15, 0.2) is 65.7 Å². The topological polar surface area (TPSA) is 75.8 Å². The normalized spacial score (nSPS) is 15.4. The number of benzene rings is 2. The Bertz CT molecular complexity index is 823. The van der Waals surface area contributed by atoms with Crippen LogP contribution in [0.4, 0.5) is 0 Å². The Kier molecular flexibility index (Phi) is 6.81. The van der Waals surface area contributed by atoms with Gasteiger partial charge in [0.05, 0.1) is 0 Å². The molecule has 1 aliphatic rings. The fourth-order valence-corrected chi connectivity index (χ4v) is 3.87. The van der Waals surface area contributed by atoms with Crippen molar-refractivity contribution in [3.8, 4) is 0 Å². The summed E-state index contributed by atoms with van der Waals surface area (Å²) in [4.78, 5) is 31.5. The van der Waals surface area contributed by atoms with E-state index in [-0.39, 0.29) is 11.9 Å². The Hall–Kier alpha value is -2.95. The van der Waals surface area contributed by atoms with E-state index in [1.165, 1.54) is 0 Å². The molecule has 1 amide bonds. The van der Waals surface area contributed by atoms with Crippen LogP contribution in [0.25, 0.3) is 0 Å². The molecule has 0 aromatic heterocycles. The molecular formula is C24H29N3O2. The van der Waals surface area contributed by atoms with Crippen LogP contribution >= 0.6 is 0 Å². The van der Waals surface area contributed by atoms with E-state index in [0.717, 1.165) is 36.8 Å². The third-order valence-electron chi connectivity index (χ3n) is 5.36. The first-order chi connectivity index (χ1) is 14.1. The van der Waals surface area contributed by atoms with Crippen LogP contribution in [0.3, 0.4) is 0 Å². The fourth-order valence-electron chi connectivity index (χ4n) is 3.87. The van der Waals surface area contributed by atoms with Gasteiger partial charge in [-0.2, -0.15) is 0 Å². The molecule has 0 spiro atoms. The lowest BCUT2D eigenvalue weighted by atomic mass is 9.83. The predicted octanol–water partition coefficient (Wildman–Crippen LogP) is 4.02. The number of unbranched alkanes of at least 4 members (excludes halogenated alkanes) is 2. The average molecular weight is 392 g/mol. The number of guanidine groups is 1. The van der Waals surface area contributed by atoms with E-state index in [9.17, 15) is 9.59 Å². The minimum atomic E-state index is -1.14. The lowest BCUT2D eigenvalue weighted by Crippen LogP contribution is -2.44. The molecule has 0 aliphatic carbocycles. The van der Waals surface area contributed by atoms with Gasteiger partial charge in [0, 0.05) is 19.4 Å². The monoisotopic (exact) mass is 391 g/mol. The molecule has 2 aromatic rings. The highest BCUT2D eigenvalue weighted by molar-refractivity contribution is 6.09. The second-order valence-electron chi connectivity index (χ2n) is 7.47. The van der Waals surface area contributed by atoms with Gasteiger partial charge in [-0.15, -0.1) is 0 Å². The first-order valence-corrected chi connectivity index (χ1v) is 10.4. The molecule has 0 radical (unpaired) electrons. The van der Waals surface area contributed by atoms with Gasteiger partial charge in [0.15, 0.2) is 11.5 Å². The molecule has 5 nitrogen and oxygen atoms in total. The maximum absolute atomic E-state index is 13.6. The Labute approximate surface area is 172 Å². The van der Waals surface area contributed by atoms with E-state index in [1.54, 1.807) is 4.90 Å². The third kappa shape index (κ3) is 4.39. The highest BCUT2D eigenvalue weighted by Gasteiger charge is 2.50.